The van der Waals surface area contributed by atoms with E-state index in [2.05, 4.69) is 34.1 Å². The molecular weight excluding hydrogens is 308 g/mol. The second-order valence-corrected chi connectivity index (χ2v) is 6.47. The van der Waals surface area contributed by atoms with Crippen molar-refractivity contribution in [1.82, 2.24) is 20.3 Å². The molecule has 5 nitrogen and oxygen atoms in total. The fraction of sp³-hybridized carbons (Fsp3) is 0.529. The summed E-state index contributed by atoms with van der Waals surface area (Å²) in [6.45, 7) is 5.13. The van der Waals surface area contributed by atoms with Crippen LogP contribution in [0.4, 0.5) is 0 Å². The van der Waals surface area contributed by atoms with Crippen LogP contribution in [0.25, 0.3) is 10.8 Å². The fourth-order valence-electron chi connectivity index (χ4n) is 2.33. The van der Waals surface area contributed by atoms with E-state index in [1.165, 1.54) is 30.6 Å². The van der Waals surface area contributed by atoms with E-state index in [4.69, 9.17) is 0 Å². The Morgan fingerprint density at radius 1 is 1.30 bits per heavy atom. The Morgan fingerprint density at radius 3 is 2.78 bits per heavy atom. The van der Waals surface area contributed by atoms with Crippen molar-refractivity contribution in [3.63, 3.8) is 0 Å². The van der Waals surface area contributed by atoms with Crippen molar-refractivity contribution in [3.8, 4) is 10.8 Å². The third kappa shape index (κ3) is 5.71. The van der Waals surface area contributed by atoms with E-state index in [1.54, 1.807) is 18.5 Å². The normalized spacial score (nSPS) is 12.1. The third-order valence-electron chi connectivity index (χ3n) is 3.78. The minimum absolute atomic E-state index is 0.0331. The first-order valence-corrected chi connectivity index (χ1v) is 9.09. The molecule has 2 heterocycles. The van der Waals surface area contributed by atoms with Gasteiger partial charge in [0.2, 0.25) is 5.91 Å². The number of unbranched alkanes of at least 4 members (excludes halogenated alkanes) is 1. The van der Waals surface area contributed by atoms with Gasteiger partial charge in [0.05, 0.1) is 12.1 Å². The summed E-state index contributed by atoms with van der Waals surface area (Å²) in [4.78, 5) is 24.9. The summed E-state index contributed by atoms with van der Waals surface area (Å²) in [5, 5.41) is 5.69. The van der Waals surface area contributed by atoms with Crippen molar-refractivity contribution in [2.45, 2.75) is 46.0 Å². The van der Waals surface area contributed by atoms with Crippen molar-refractivity contribution in [2.24, 2.45) is 5.92 Å². The van der Waals surface area contributed by atoms with Crippen LogP contribution in [0, 0.1) is 5.92 Å². The second-order valence-electron chi connectivity index (χ2n) is 5.61. The van der Waals surface area contributed by atoms with Crippen molar-refractivity contribution in [1.29, 1.82) is 0 Å². The van der Waals surface area contributed by atoms with Gasteiger partial charge in [-0.3, -0.25) is 4.79 Å². The Bertz CT molecular complexity index is 600. The summed E-state index contributed by atoms with van der Waals surface area (Å²) in [5.74, 6) is 1.21. The predicted octanol–water partition coefficient (Wildman–Crippen LogP) is 3.48. The van der Waals surface area contributed by atoms with Gasteiger partial charge in [-0.15, -0.1) is 11.3 Å². The van der Waals surface area contributed by atoms with Gasteiger partial charge < -0.3 is 5.32 Å². The molecule has 0 aliphatic heterocycles. The first-order valence-electron chi connectivity index (χ1n) is 8.21. The minimum Gasteiger partial charge on any atom is -0.355 e. The summed E-state index contributed by atoms with van der Waals surface area (Å²) in [6, 6.07) is 1.77. The number of aromatic nitrogens is 3. The highest BCUT2D eigenvalue weighted by atomic mass is 32.1. The zero-order chi connectivity index (χ0) is 16.5. The highest BCUT2D eigenvalue weighted by molar-refractivity contribution is 7.13. The van der Waals surface area contributed by atoms with Crippen molar-refractivity contribution in [3.05, 3.63) is 29.5 Å². The topological polar surface area (TPSA) is 67.8 Å². The van der Waals surface area contributed by atoms with Gasteiger partial charge in [0.15, 0.2) is 10.8 Å². The summed E-state index contributed by atoms with van der Waals surface area (Å²) >= 11 is 1.47. The number of hydrogen-bond donors (Lipinski definition) is 1. The van der Waals surface area contributed by atoms with Crippen molar-refractivity contribution in [2.75, 3.05) is 6.54 Å². The highest BCUT2D eigenvalue weighted by Gasteiger charge is 2.12. The van der Waals surface area contributed by atoms with Crippen LogP contribution in [0.2, 0.25) is 0 Å². The number of hydrogen-bond acceptors (Lipinski definition) is 5. The molecule has 0 aliphatic carbocycles. The molecule has 0 spiro atoms. The zero-order valence-electron chi connectivity index (χ0n) is 13.8. The molecule has 1 amide bonds. The number of carbonyl (C=O) groups is 1. The molecular formula is C17H24N4OS. The van der Waals surface area contributed by atoms with Gasteiger partial charge in [0, 0.05) is 24.3 Å². The van der Waals surface area contributed by atoms with E-state index >= 15 is 0 Å². The molecule has 0 bridgehead atoms. The summed E-state index contributed by atoms with van der Waals surface area (Å²) in [5.41, 5.74) is 0.775. The summed E-state index contributed by atoms with van der Waals surface area (Å²) in [6.07, 6.45) is 8.41. The Kier molecular flexibility index (Phi) is 7.13. The van der Waals surface area contributed by atoms with Gasteiger partial charge in [0.25, 0.3) is 0 Å². The van der Waals surface area contributed by atoms with Gasteiger partial charge in [-0.1, -0.05) is 33.1 Å². The Labute approximate surface area is 141 Å². The molecule has 23 heavy (non-hydrogen) atoms. The first kappa shape index (κ1) is 17.5. The lowest BCUT2D eigenvalue weighted by Gasteiger charge is -2.14. The van der Waals surface area contributed by atoms with E-state index in [0.717, 1.165) is 23.7 Å². The van der Waals surface area contributed by atoms with E-state index in [0.29, 0.717) is 18.2 Å². The maximum Gasteiger partial charge on any atom is 0.226 e. The smallest absolute Gasteiger partial charge is 0.226 e. The number of carbonyl (C=O) groups excluding carboxylic acids is 1. The van der Waals surface area contributed by atoms with E-state index in [-0.39, 0.29) is 5.91 Å². The number of thiazole rings is 1. The maximum absolute atomic E-state index is 12.1. The Hall–Kier alpha value is -1.82. The number of rotatable bonds is 9. The molecule has 2 aromatic rings. The molecule has 0 saturated heterocycles. The maximum atomic E-state index is 12.1. The molecule has 0 unspecified atom stereocenters. The molecule has 0 saturated carbocycles. The molecule has 0 aromatic carbocycles. The average molecular weight is 332 g/mol. The SMILES string of the molecule is CCCC[C@@H](CC)CNC(=O)Cc1csc(-c2ncccn2)n1. The van der Waals surface area contributed by atoms with E-state index in [1.807, 2.05) is 5.38 Å². The van der Waals surface area contributed by atoms with Crippen LogP contribution < -0.4 is 5.32 Å². The van der Waals surface area contributed by atoms with Gasteiger partial charge in [-0.25, -0.2) is 15.0 Å². The van der Waals surface area contributed by atoms with Crippen LogP contribution in [0.5, 0.6) is 0 Å². The third-order valence-corrected chi connectivity index (χ3v) is 4.67. The van der Waals surface area contributed by atoms with E-state index < -0.39 is 0 Å². The second kappa shape index (κ2) is 9.35. The van der Waals surface area contributed by atoms with Crippen LogP contribution in [-0.4, -0.2) is 27.4 Å². The van der Waals surface area contributed by atoms with Crippen LogP contribution in [0.1, 0.15) is 45.2 Å². The summed E-state index contributed by atoms with van der Waals surface area (Å²) < 4.78 is 0. The van der Waals surface area contributed by atoms with Gasteiger partial charge >= 0.3 is 0 Å². The number of nitrogens with one attached hydrogen (secondary N) is 1. The Balaban J connectivity index is 1.83. The Morgan fingerprint density at radius 2 is 2.09 bits per heavy atom. The lowest BCUT2D eigenvalue weighted by molar-refractivity contribution is -0.120. The zero-order valence-corrected chi connectivity index (χ0v) is 14.6. The lowest BCUT2D eigenvalue weighted by atomic mass is 9.99. The molecule has 6 heteroatoms. The minimum atomic E-state index is 0.0331. The van der Waals surface area contributed by atoms with Gasteiger partial charge in [0.1, 0.15) is 0 Å². The molecule has 2 aromatic heterocycles. The monoisotopic (exact) mass is 332 g/mol. The van der Waals surface area contributed by atoms with Crippen LogP contribution in [0.3, 0.4) is 0 Å². The highest BCUT2D eigenvalue weighted by Crippen LogP contribution is 2.19. The predicted molar refractivity (Wildman–Crippen MR) is 93.2 cm³/mol. The van der Waals surface area contributed by atoms with Crippen LogP contribution in [0.15, 0.2) is 23.8 Å². The summed E-state index contributed by atoms with van der Waals surface area (Å²) in [7, 11) is 0. The molecule has 124 valence electrons. The standard InChI is InChI=1S/C17H24N4OS/c1-3-5-7-13(4-2)11-20-15(22)10-14-12-23-17(21-14)16-18-8-6-9-19-16/h6,8-9,12-13H,3-5,7,10-11H2,1-2H3,(H,20,22)/t13-/m1/s1. The molecule has 1 atom stereocenters. The van der Waals surface area contributed by atoms with Gasteiger partial charge in [-0.2, -0.15) is 0 Å². The molecule has 0 fully saturated rings. The number of amides is 1. The molecule has 1 N–H and O–H groups in total. The molecule has 0 aliphatic rings. The quantitative estimate of drug-likeness (QED) is 0.763. The van der Waals surface area contributed by atoms with Crippen molar-refractivity contribution < 1.29 is 4.79 Å². The average Bonchev–Trinajstić information content (AvgIpc) is 3.04. The van der Waals surface area contributed by atoms with Crippen molar-refractivity contribution >= 4 is 17.2 Å². The fourth-order valence-corrected chi connectivity index (χ4v) is 3.09. The number of nitrogens with zero attached hydrogens (tertiary/aromatic N) is 3. The molecule has 2 rings (SSSR count). The largest absolute Gasteiger partial charge is 0.355 e. The van der Waals surface area contributed by atoms with E-state index in [9.17, 15) is 4.79 Å². The lowest BCUT2D eigenvalue weighted by Crippen LogP contribution is -2.30. The van der Waals surface area contributed by atoms with Gasteiger partial charge in [-0.05, 0) is 18.4 Å². The van der Waals surface area contributed by atoms with Crippen LogP contribution >= 0.6 is 11.3 Å². The molecule has 0 radical (unpaired) electrons. The first-order chi connectivity index (χ1) is 11.2. The van der Waals surface area contributed by atoms with Crippen LogP contribution in [-0.2, 0) is 11.2 Å².